The monoisotopic (exact) mass is 1830 g/mol. The lowest BCUT2D eigenvalue weighted by Gasteiger charge is -2.42. The van der Waals surface area contributed by atoms with Gasteiger partial charge in [0.25, 0.3) is 0 Å². The van der Waals surface area contributed by atoms with Gasteiger partial charge in [-0.05, 0) is 285 Å². The van der Waals surface area contributed by atoms with E-state index in [1.165, 1.54) is 22.3 Å². The highest BCUT2D eigenvalue weighted by molar-refractivity contribution is 7.89. The van der Waals surface area contributed by atoms with Crippen LogP contribution < -0.4 is 24.8 Å². The number of hydrogen-bond acceptors (Lipinski definition) is 18. The molecule has 0 N–H and O–H groups in total. The fourth-order valence-corrected chi connectivity index (χ4v) is 51.5. The van der Waals surface area contributed by atoms with Crippen molar-refractivity contribution >= 4 is 110 Å². The molecule has 0 radical (unpaired) electrons. The predicted octanol–water partition coefficient (Wildman–Crippen LogP) is 8.66. The Morgan fingerprint density at radius 1 is 0.296 bits per heavy atom. The van der Waals surface area contributed by atoms with Crippen LogP contribution in [0.2, 0.25) is 12.1 Å². The van der Waals surface area contributed by atoms with Gasteiger partial charge in [-0.3, -0.25) is 55.2 Å². The highest BCUT2D eigenvalue weighted by Gasteiger charge is 2.54. The Morgan fingerprint density at radius 3 is 0.602 bits per heavy atom. The summed E-state index contributed by atoms with van der Waals surface area (Å²) in [4.78, 5) is 0. The molecule has 0 saturated heterocycles. The number of halogens is 2. The quantitative estimate of drug-likeness (QED) is 0.0449. The summed E-state index contributed by atoms with van der Waals surface area (Å²) < 4.78 is 147. The third-order valence-electron chi connectivity index (χ3n) is 17.7. The van der Waals surface area contributed by atoms with Crippen molar-refractivity contribution in [3.63, 3.8) is 0 Å². The molecule has 0 aromatic heterocycles. The molecule has 2 rings (SSSR count). The van der Waals surface area contributed by atoms with Crippen molar-refractivity contribution in [3.8, 4) is 0 Å². The molecule has 636 valence electrons. The molecule has 0 aliphatic heterocycles. The van der Waals surface area contributed by atoms with Gasteiger partial charge in [-0.25, -0.2) is 28.0 Å². The topological polar surface area (TPSA) is 268 Å². The van der Waals surface area contributed by atoms with Crippen molar-refractivity contribution < 1.29 is 69.2 Å². The van der Waals surface area contributed by atoms with Crippen molar-refractivity contribution in [2.75, 3.05) is 293 Å². The molecule has 48 heteroatoms. The SMILES string of the molecule is CO[Si](CCc1ccc(CN(C)P(=N[P+](N=P(C)(C)C)(N=P(C)(N(C)C)N(C)C)N=P(C)(N(C)C)N(C)C)(N(C)C)N(C)C)cc1)(OC)OC.CO[Si](CCc1ccc(CN(C)P(=N[P+](N=P(C)(C)C)(N=P(C)(N(C)C)N(C)C)N=P(C)(N(C)C)N(C)C)(N(C)C)N(C)C)cc1)(OC)OC.O=[Si]=O.O=[Si]=O.[Cl-].[Cl-]. The molecule has 32 nitrogen and oxygen atoms in total. The van der Waals surface area contributed by atoms with Gasteiger partial charge in [0.1, 0.15) is 29.4 Å². The lowest BCUT2D eigenvalue weighted by molar-refractivity contribution is -0.001000. The molecule has 0 aliphatic carbocycles. The fourth-order valence-electron chi connectivity index (χ4n) is 10.7. The van der Waals surface area contributed by atoms with Crippen LogP contribution in [0.3, 0.4) is 0 Å². The zero-order chi connectivity index (χ0) is 83.6. The Morgan fingerprint density at radius 2 is 0.463 bits per heavy atom. The van der Waals surface area contributed by atoms with Crippen LogP contribution in [0.5, 0.6) is 0 Å². The van der Waals surface area contributed by atoms with E-state index in [-0.39, 0.29) is 24.8 Å². The Balaban J connectivity index is -0.000000916. The summed E-state index contributed by atoms with van der Waals surface area (Å²) in [6.45, 7) is 23.9. The highest BCUT2D eigenvalue weighted by atomic mass is 35.5. The molecule has 0 heterocycles. The molecule has 0 amide bonds. The largest absolute Gasteiger partial charge is 1.00 e. The first-order chi connectivity index (χ1) is 48.3. The maximum Gasteiger partial charge on any atom is 0.549 e. The van der Waals surface area contributed by atoms with Gasteiger partial charge in [-0.1, -0.05) is 57.6 Å². The Kier molecular flexibility index (Phi) is 53.5. The Hall–Kier alpha value is 0.988. The molecular formula is C60H146Cl2N22O10P10Si4. The molecule has 108 heavy (non-hydrogen) atoms. The van der Waals surface area contributed by atoms with Crippen molar-refractivity contribution in [2.45, 2.75) is 38.0 Å². The van der Waals surface area contributed by atoms with Crippen LogP contribution in [0.4, 0.5) is 0 Å². The third-order valence-corrected chi connectivity index (χ3v) is 61.0. The van der Waals surface area contributed by atoms with E-state index in [9.17, 15) is 0 Å². The standard InChI is InChI=1S/2C30H73N11O3P5Si.2ClH.2O2Si/c2*1-35(2)46(20,36(3)4)32-48(31-45(17,18)19,33-47(21,37(5)6)38(7)8)34-49(39(9)10,40(11)12)41(13)28-30-24-22-29(23-25-30)26-27-50(42-14,43-15)44-16;;;2*1-3-2/h2*22-25H,26-28H2,1-21H3;2*1H;;/q2*+1;;;;/p-2. The second-order valence-corrected chi connectivity index (χ2v) is 71.6. The van der Waals surface area contributed by atoms with E-state index < -0.39 is 110 Å². The second-order valence-electron chi connectivity index (χ2n) is 29.4. The molecule has 0 bridgehead atoms. The number of aryl methyl sites for hydroxylation is 2. The minimum Gasteiger partial charge on any atom is -1.00 e. The molecule has 0 saturated carbocycles. The van der Waals surface area contributed by atoms with Gasteiger partial charge < -0.3 is 51.4 Å². The predicted molar refractivity (Wildman–Crippen MR) is 473 cm³/mol. The Bertz CT molecular complexity index is 3190. The van der Waals surface area contributed by atoms with E-state index in [4.69, 9.17) is 80.5 Å². The third kappa shape index (κ3) is 32.9. The van der Waals surface area contributed by atoms with E-state index in [0.717, 1.165) is 12.8 Å². The summed E-state index contributed by atoms with van der Waals surface area (Å²) in [5.74, 6) is 0. The van der Waals surface area contributed by atoms with Gasteiger partial charge in [0.05, 0.1) is 0 Å². The first kappa shape index (κ1) is 115. The average molecular weight is 1830 g/mol. The molecule has 0 atom stereocenters. The Labute approximate surface area is 678 Å². The van der Waals surface area contributed by atoms with Crippen molar-refractivity contribution in [3.05, 3.63) is 70.8 Å². The minimum absolute atomic E-state index is 0. The molecule has 0 spiro atoms. The van der Waals surface area contributed by atoms with Crippen molar-refractivity contribution in [2.24, 2.45) is 36.1 Å². The van der Waals surface area contributed by atoms with Gasteiger partial charge in [0, 0.05) is 109 Å². The molecule has 0 fully saturated rings. The minimum atomic E-state index is -3.13. The second kappa shape index (κ2) is 50.2. The van der Waals surface area contributed by atoms with Crippen LogP contribution in [0.25, 0.3) is 0 Å². The lowest BCUT2D eigenvalue weighted by Crippen LogP contribution is -3.00. The van der Waals surface area contributed by atoms with Gasteiger partial charge in [0.2, 0.25) is 15.0 Å². The van der Waals surface area contributed by atoms with Crippen molar-refractivity contribution in [1.29, 1.82) is 0 Å². The number of benzene rings is 2. The number of nitrogens with zero attached hydrogens (tertiary/aromatic N) is 22. The molecule has 0 unspecified atom stereocenters. The fraction of sp³-hybridized carbons (Fsp3) is 0.800. The highest BCUT2D eigenvalue weighted by Crippen LogP contribution is 2.86. The van der Waals surface area contributed by atoms with Gasteiger partial charge in [0.15, 0.2) is 0 Å². The number of hydrogen-bond donors (Lipinski definition) is 0. The van der Waals surface area contributed by atoms with Crippen LogP contribution in [0.15, 0.2) is 84.7 Å². The summed E-state index contributed by atoms with van der Waals surface area (Å²) in [5.41, 5.74) is 4.83. The smallest absolute Gasteiger partial charge is 0.549 e. The molecule has 0 aliphatic rings. The zero-order valence-electron chi connectivity index (χ0n) is 74.0. The van der Waals surface area contributed by atoms with Crippen LogP contribution in [0.1, 0.15) is 22.3 Å². The summed E-state index contributed by atoms with van der Waals surface area (Å²) in [5, 5.41) is 0. The normalized spacial score (nSPS) is 13.3. The first-order valence-electron chi connectivity index (χ1n) is 34.0. The summed E-state index contributed by atoms with van der Waals surface area (Å²) in [6, 6.07) is 19.1. The van der Waals surface area contributed by atoms with Crippen LogP contribution in [0, 0.1) is 0 Å². The van der Waals surface area contributed by atoms with Gasteiger partial charge in [-0.15, -0.1) is 0 Å². The lowest BCUT2D eigenvalue weighted by atomic mass is 10.1. The maximum absolute atomic E-state index is 8.40. The van der Waals surface area contributed by atoms with Gasteiger partial charge >= 0.3 is 51.9 Å². The van der Waals surface area contributed by atoms with E-state index in [1.807, 2.05) is 0 Å². The summed E-state index contributed by atoms with van der Waals surface area (Å²) in [7, 11) is 32.9. The van der Waals surface area contributed by atoms with E-state index in [1.54, 1.807) is 42.7 Å². The van der Waals surface area contributed by atoms with Crippen LogP contribution in [-0.4, -0.2) is 394 Å². The molecular weight excluding hydrogens is 1680 g/mol. The van der Waals surface area contributed by atoms with Crippen LogP contribution >= 0.6 is 74.3 Å². The first-order valence-corrected chi connectivity index (χ1v) is 60.4. The van der Waals surface area contributed by atoms with Gasteiger partial charge in [-0.2, -0.15) is 0 Å². The van der Waals surface area contributed by atoms with E-state index in [0.29, 0.717) is 25.2 Å². The van der Waals surface area contributed by atoms with E-state index in [2.05, 4.69) is 364 Å². The summed E-state index contributed by atoms with van der Waals surface area (Å²) in [6.07, 6.45) is 1.62. The van der Waals surface area contributed by atoms with Crippen LogP contribution in [-0.2, 0) is 70.3 Å². The average Bonchev–Trinajstić information content (AvgIpc) is 0.746. The summed E-state index contributed by atoms with van der Waals surface area (Å²) >= 11 is 0. The van der Waals surface area contributed by atoms with E-state index >= 15 is 0 Å². The zero-order valence-corrected chi connectivity index (χ0v) is 88.5. The van der Waals surface area contributed by atoms with Crippen molar-refractivity contribution in [1.82, 2.24) is 65.4 Å². The maximum atomic E-state index is 8.40. The number of rotatable bonds is 38. The molecule has 2 aromatic carbocycles. The molecule has 2 aromatic rings.